The zero-order chi connectivity index (χ0) is 11.5. The highest BCUT2D eigenvalue weighted by atomic mass is 16.5. The summed E-state index contributed by atoms with van der Waals surface area (Å²) < 4.78 is 10.7. The van der Waals surface area contributed by atoms with E-state index in [2.05, 4.69) is 39.5 Å². The van der Waals surface area contributed by atoms with Crippen LogP contribution in [0, 0.1) is 23.7 Å². The van der Waals surface area contributed by atoms with E-state index in [0.29, 0.717) is 31.7 Å². The molecule has 0 saturated heterocycles. The summed E-state index contributed by atoms with van der Waals surface area (Å²) in [5, 5.41) is 0. The smallest absolute Gasteiger partial charge is 0.107 e. The van der Waals surface area contributed by atoms with Crippen molar-refractivity contribution in [2.45, 2.75) is 41.5 Å². The predicted octanol–water partition coefficient (Wildman–Crippen LogP) is 3.36. The van der Waals surface area contributed by atoms with Crippen LogP contribution in [0.25, 0.3) is 0 Å². The fourth-order valence-electron chi connectivity index (χ4n) is 0.908. The van der Waals surface area contributed by atoms with E-state index >= 15 is 0 Å². The van der Waals surface area contributed by atoms with Crippen LogP contribution in [0.3, 0.4) is 0 Å². The van der Waals surface area contributed by atoms with Gasteiger partial charge in [0, 0.05) is 12.5 Å². The summed E-state index contributed by atoms with van der Waals surface area (Å²) in [5.74, 6) is 7.15. The summed E-state index contributed by atoms with van der Waals surface area (Å²) in [6.07, 6.45) is 1.12. The van der Waals surface area contributed by atoms with Crippen molar-refractivity contribution in [1.29, 1.82) is 0 Å². The highest BCUT2D eigenvalue weighted by Crippen LogP contribution is 1.98. The molecule has 0 N–H and O–H groups in total. The van der Waals surface area contributed by atoms with Gasteiger partial charge in [0.1, 0.15) is 6.61 Å². The third-order valence-corrected chi connectivity index (χ3v) is 1.78. The Morgan fingerprint density at radius 2 is 1.56 bits per heavy atom. The molecule has 0 atom stereocenters. The first kappa shape index (κ1) is 17.9. The maximum atomic E-state index is 5.40. The van der Waals surface area contributed by atoms with Gasteiger partial charge in [0.05, 0.1) is 13.2 Å². The lowest BCUT2D eigenvalue weighted by atomic mass is 10.1. The molecule has 96 valence electrons. The van der Waals surface area contributed by atoms with Gasteiger partial charge in [0.2, 0.25) is 0 Å². The van der Waals surface area contributed by atoms with Gasteiger partial charge in [-0.25, -0.2) is 0 Å². The molecule has 0 aliphatic rings. The fraction of sp³-hybridized carbons (Fsp3) is 0.857. The Hall–Kier alpha value is -0.520. The molecule has 0 radical (unpaired) electrons. The van der Waals surface area contributed by atoms with Crippen LogP contribution in [0.5, 0.6) is 0 Å². The van der Waals surface area contributed by atoms with E-state index in [9.17, 15) is 0 Å². The second-order valence-electron chi connectivity index (χ2n) is 4.32. The largest absolute Gasteiger partial charge is 0.379 e. The summed E-state index contributed by atoms with van der Waals surface area (Å²) in [6, 6.07) is 0. The van der Waals surface area contributed by atoms with Crippen LogP contribution in [-0.4, -0.2) is 26.4 Å². The Labute approximate surface area is 102 Å². The quantitative estimate of drug-likeness (QED) is 0.491. The zero-order valence-corrected chi connectivity index (χ0v) is 10.5. The molecule has 2 nitrogen and oxygen atoms in total. The van der Waals surface area contributed by atoms with Crippen LogP contribution in [0.1, 0.15) is 41.5 Å². The van der Waals surface area contributed by atoms with Crippen LogP contribution >= 0.6 is 0 Å². The highest BCUT2D eigenvalue weighted by molar-refractivity contribution is 5.01. The van der Waals surface area contributed by atoms with Crippen molar-refractivity contribution in [3.05, 3.63) is 0 Å². The number of hydrogen-bond donors (Lipinski definition) is 0. The normalized spacial score (nSPS) is 9.88. The van der Waals surface area contributed by atoms with E-state index in [1.165, 1.54) is 0 Å². The van der Waals surface area contributed by atoms with E-state index in [-0.39, 0.29) is 7.43 Å². The molecule has 2 heteroatoms. The van der Waals surface area contributed by atoms with Crippen LogP contribution < -0.4 is 0 Å². The lowest BCUT2D eigenvalue weighted by Crippen LogP contribution is -2.06. The van der Waals surface area contributed by atoms with Gasteiger partial charge in [-0.3, -0.25) is 0 Å². The number of hydrogen-bond acceptors (Lipinski definition) is 2. The molecule has 0 heterocycles. The van der Waals surface area contributed by atoms with Gasteiger partial charge in [-0.2, -0.15) is 0 Å². The Morgan fingerprint density at radius 3 is 2.12 bits per heavy atom. The summed E-state index contributed by atoms with van der Waals surface area (Å²) in [6.45, 7) is 11.2. The molecular weight excluding hydrogens is 200 g/mol. The maximum Gasteiger partial charge on any atom is 0.107 e. The third-order valence-electron chi connectivity index (χ3n) is 1.78. The molecule has 0 aliphatic heterocycles. The fourth-order valence-corrected chi connectivity index (χ4v) is 0.908. The summed E-state index contributed by atoms with van der Waals surface area (Å²) in [7, 11) is 0. The molecule has 0 amide bonds. The van der Waals surface area contributed by atoms with Crippen molar-refractivity contribution >= 4 is 0 Å². The van der Waals surface area contributed by atoms with E-state index in [1.807, 2.05) is 0 Å². The molecule has 16 heavy (non-hydrogen) atoms. The van der Waals surface area contributed by atoms with Crippen molar-refractivity contribution in [2.75, 3.05) is 26.4 Å². The lowest BCUT2D eigenvalue weighted by molar-refractivity contribution is 0.0556. The summed E-state index contributed by atoms with van der Waals surface area (Å²) in [5.41, 5.74) is 0. The molecule has 0 saturated carbocycles. The average molecular weight is 228 g/mol. The van der Waals surface area contributed by atoms with Gasteiger partial charge in [-0.15, -0.1) is 0 Å². The van der Waals surface area contributed by atoms with Gasteiger partial charge in [0.25, 0.3) is 0 Å². The number of rotatable bonds is 7. The van der Waals surface area contributed by atoms with Crippen molar-refractivity contribution in [2.24, 2.45) is 11.8 Å². The SMILES string of the molecule is C.CC(C)C#CCOCCOCCC(C)C. The molecule has 0 aromatic heterocycles. The molecule has 0 unspecified atom stereocenters. The Balaban J connectivity index is 0. The standard InChI is InChI=1S/C13H24O2.CH4/c1-12(2)6-5-8-14-10-11-15-9-7-13(3)4;/h12-13H,7-11H2,1-4H3;1H4. The predicted molar refractivity (Wildman–Crippen MR) is 70.4 cm³/mol. The molecule has 0 bridgehead atoms. The Morgan fingerprint density at radius 1 is 0.938 bits per heavy atom. The minimum atomic E-state index is 0. The monoisotopic (exact) mass is 228 g/mol. The van der Waals surface area contributed by atoms with Gasteiger partial charge in [-0.1, -0.05) is 47.0 Å². The summed E-state index contributed by atoms with van der Waals surface area (Å²) >= 11 is 0. The maximum absolute atomic E-state index is 5.40. The highest BCUT2D eigenvalue weighted by Gasteiger charge is 1.93. The van der Waals surface area contributed by atoms with Crippen LogP contribution in [0.4, 0.5) is 0 Å². The van der Waals surface area contributed by atoms with Crippen molar-refractivity contribution in [3.63, 3.8) is 0 Å². The minimum Gasteiger partial charge on any atom is -0.379 e. The lowest BCUT2D eigenvalue weighted by Gasteiger charge is -2.05. The second kappa shape index (κ2) is 12.5. The molecule has 0 spiro atoms. The number of ether oxygens (including phenoxy) is 2. The first-order chi connectivity index (χ1) is 7.13. The Bertz CT molecular complexity index is 187. The minimum absolute atomic E-state index is 0. The van der Waals surface area contributed by atoms with Crippen LogP contribution in [0.2, 0.25) is 0 Å². The van der Waals surface area contributed by atoms with Gasteiger partial charge in [-0.05, 0) is 12.3 Å². The molecule has 0 aliphatic carbocycles. The summed E-state index contributed by atoms with van der Waals surface area (Å²) in [4.78, 5) is 0. The Kier molecular flexibility index (Phi) is 14.0. The first-order valence-electron chi connectivity index (χ1n) is 5.76. The van der Waals surface area contributed by atoms with E-state index in [1.54, 1.807) is 0 Å². The first-order valence-corrected chi connectivity index (χ1v) is 5.76. The van der Waals surface area contributed by atoms with Gasteiger partial charge >= 0.3 is 0 Å². The van der Waals surface area contributed by atoms with Crippen LogP contribution in [0.15, 0.2) is 0 Å². The third kappa shape index (κ3) is 15.9. The van der Waals surface area contributed by atoms with E-state index in [0.717, 1.165) is 13.0 Å². The van der Waals surface area contributed by atoms with E-state index < -0.39 is 0 Å². The molecule has 0 rings (SSSR count). The van der Waals surface area contributed by atoms with Crippen molar-refractivity contribution < 1.29 is 9.47 Å². The second-order valence-corrected chi connectivity index (χ2v) is 4.32. The average Bonchev–Trinajstić information content (AvgIpc) is 2.14. The van der Waals surface area contributed by atoms with Crippen LogP contribution in [-0.2, 0) is 9.47 Å². The topological polar surface area (TPSA) is 18.5 Å². The molecule has 0 fully saturated rings. The van der Waals surface area contributed by atoms with Gasteiger partial charge in [0.15, 0.2) is 0 Å². The van der Waals surface area contributed by atoms with Gasteiger partial charge < -0.3 is 9.47 Å². The zero-order valence-electron chi connectivity index (χ0n) is 10.5. The molecule has 0 aromatic rings. The van der Waals surface area contributed by atoms with Crippen molar-refractivity contribution in [3.8, 4) is 11.8 Å². The van der Waals surface area contributed by atoms with E-state index in [4.69, 9.17) is 9.47 Å². The molecular formula is C14H28O2. The van der Waals surface area contributed by atoms with Crippen molar-refractivity contribution in [1.82, 2.24) is 0 Å². The molecule has 0 aromatic carbocycles.